The molecule has 0 saturated heterocycles. The number of hydrogen-bond acceptors (Lipinski definition) is 4. The number of nitrogens with two attached hydrogens (primary N) is 2. The van der Waals surface area contributed by atoms with Crippen molar-refractivity contribution in [3.05, 3.63) is 53.1 Å². The van der Waals surface area contributed by atoms with Crippen molar-refractivity contribution in [3.8, 4) is 5.75 Å². The molecule has 5 N–H and O–H groups in total. The fourth-order valence-corrected chi connectivity index (χ4v) is 4.28. The average molecular weight is 327 g/mol. The average Bonchev–Trinajstić information content (AvgIpc) is 3.40. The van der Waals surface area contributed by atoms with E-state index in [1.807, 2.05) is 12.3 Å². The van der Waals surface area contributed by atoms with Gasteiger partial charge in [-0.25, -0.2) is 0 Å². The van der Waals surface area contributed by atoms with E-state index >= 15 is 0 Å². The summed E-state index contributed by atoms with van der Waals surface area (Å²) in [5.41, 5.74) is 15.7. The van der Waals surface area contributed by atoms with Crippen molar-refractivity contribution >= 4 is 0 Å². The van der Waals surface area contributed by atoms with E-state index in [0.29, 0.717) is 11.7 Å². The first kappa shape index (κ1) is 16.7. The standard InChI is InChI=1S/C20H29N3O/c1-4-5-17(14-6-7-14)20(10-11-23-19(22)18(20)21)16-9-8-15(24-3)12-13(16)2/h8-12,14,17,23H,4-7,21-22H2,1-3H3. The fraction of sp³-hybridized carbons (Fsp3) is 0.500. The van der Waals surface area contributed by atoms with Crippen LogP contribution in [-0.2, 0) is 5.41 Å². The van der Waals surface area contributed by atoms with Crippen LogP contribution < -0.4 is 21.5 Å². The number of aryl methyl sites for hydroxylation is 1. The molecule has 0 aromatic heterocycles. The van der Waals surface area contributed by atoms with Crippen molar-refractivity contribution in [2.24, 2.45) is 23.3 Å². The van der Waals surface area contributed by atoms with Gasteiger partial charge in [0.15, 0.2) is 0 Å². The molecule has 4 nitrogen and oxygen atoms in total. The monoisotopic (exact) mass is 327 g/mol. The van der Waals surface area contributed by atoms with E-state index in [1.165, 1.54) is 24.0 Å². The number of methoxy groups -OCH3 is 1. The highest BCUT2D eigenvalue weighted by atomic mass is 16.5. The summed E-state index contributed by atoms with van der Waals surface area (Å²) in [6.45, 7) is 4.38. The van der Waals surface area contributed by atoms with E-state index in [0.717, 1.165) is 30.2 Å². The van der Waals surface area contributed by atoms with Crippen LogP contribution in [0.3, 0.4) is 0 Å². The Bertz CT molecular complexity index is 675. The molecular weight excluding hydrogens is 298 g/mol. The lowest BCUT2D eigenvalue weighted by atomic mass is 9.63. The molecule has 130 valence electrons. The lowest BCUT2D eigenvalue weighted by Crippen LogP contribution is -2.46. The van der Waals surface area contributed by atoms with Gasteiger partial charge in [-0.3, -0.25) is 0 Å². The number of nitrogens with one attached hydrogen (secondary N) is 1. The van der Waals surface area contributed by atoms with Crippen LogP contribution in [-0.4, -0.2) is 7.11 Å². The third-order valence-electron chi connectivity index (χ3n) is 5.58. The summed E-state index contributed by atoms with van der Waals surface area (Å²) in [6.07, 6.45) is 9.06. The highest BCUT2D eigenvalue weighted by molar-refractivity contribution is 5.51. The van der Waals surface area contributed by atoms with Gasteiger partial charge in [-0.2, -0.15) is 0 Å². The molecule has 1 aromatic carbocycles. The topological polar surface area (TPSA) is 73.3 Å². The van der Waals surface area contributed by atoms with Gasteiger partial charge in [0, 0.05) is 0 Å². The van der Waals surface area contributed by atoms with Gasteiger partial charge in [-0.1, -0.05) is 25.5 Å². The van der Waals surface area contributed by atoms with E-state index in [2.05, 4.69) is 37.4 Å². The Morgan fingerprint density at radius 3 is 2.67 bits per heavy atom. The Balaban J connectivity index is 2.19. The number of ether oxygens (including phenoxy) is 1. The van der Waals surface area contributed by atoms with Crippen LogP contribution in [0.5, 0.6) is 5.75 Å². The predicted molar refractivity (Wildman–Crippen MR) is 98.2 cm³/mol. The Hall–Kier alpha value is -2.10. The van der Waals surface area contributed by atoms with Gasteiger partial charge in [-0.15, -0.1) is 0 Å². The zero-order chi connectivity index (χ0) is 17.3. The van der Waals surface area contributed by atoms with Crippen LogP contribution in [0.15, 0.2) is 42.0 Å². The first-order chi connectivity index (χ1) is 11.5. The molecular formula is C20H29N3O. The molecule has 2 aliphatic rings. The molecule has 0 radical (unpaired) electrons. The van der Waals surface area contributed by atoms with Crippen molar-refractivity contribution in [2.75, 3.05) is 7.11 Å². The highest BCUT2D eigenvalue weighted by Crippen LogP contribution is 2.53. The molecule has 3 rings (SSSR count). The SMILES string of the molecule is CCCC(C1CC1)C1(c2ccc(OC)cc2C)C=CNC(N)=C1N. The predicted octanol–water partition coefficient (Wildman–Crippen LogP) is 3.27. The molecule has 0 bridgehead atoms. The van der Waals surface area contributed by atoms with Crippen molar-refractivity contribution in [2.45, 2.75) is 44.9 Å². The molecule has 1 saturated carbocycles. The van der Waals surface area contributed by atoms with Crippen molar-refractivity contribution in [1.82, 2.24) is 5.32 Å². The van der Waals surface area contributed by atoms with Gasteiger partial charge in [0.05, 0.1) is 18.2 Å². The number of hydrogen-bond donors (Lipinski definition) is 3. The van der Waals surface area contributed by atoms with E-state index < -0.39 is 0 Å². The number of benzene rings is 1. The Morgan fingerprint density at radius 2 is 2.08 bits per heavy atom. The summed E-state index contributed by atoms with van der Waals surface area (Å²) in [5.74, 6) is 2.65. The van der Waals surface area contributed by atoms with Gasteiger partial charge in [0.1, 0.15) is 11.6 Å². The summed E-state index contributed by atoms with van der Waals surface area (Å²) >= 11 is 0. The first-order valence-electron chi connectivity index (χ1n) is 8.89. The van der Waals surface area contributed by atoms with Gasteiger partial charge in [-0.05, 0) is 67.5 Å². The van der Waals surface area contributed by atoms with Gasteiger partial charge in [0.2, 0.25) is 0 Å². The van der Waals surface area contributed by atoms with E-state index in [9.17, 15) is 0 Å². The number of dihydropyridines is 1. The smallest absolute Gasteiger partial charge is 0.121 e. The molecule has 4 heteroatoms. The Labute approximate surface area is 144 Å². The van der Waals surface area contributed by atoms with E-state index in [-0.39, 0.29) is 5.41 Å². The number of allylic oxidation sites excluding steroid dienone is 1. The minimum Gasteiger partial charge on any atom is -0.497 e. The third-order valence-corrected chi connectivity index (χ3v) is 5.58. The molecule has 2 unspecified atom stereocenters. The van der Waals surface area contributed by atoms with Gasteiger partial charge in [0.25, 0.3) is 0 Å². The van der Waals surface area contributed by atoms with E-state index in [1.54, 1.807) is 7.11 Å². The van der Waals surface area contributed by atoms with Crippen molar-refractivity contribution < 1.29 is 4.74 Å². The molecule has 1 heterocycles. The molecule has 2 atom stereocenters. The van der Waals surface area contributed by atoms with Crippen LogP contribution in [0.4, 0.5) is 0 Å². The summed E-state index contributed by atoms with van der Waals surface area (Å²) in [4.78, 5) is 0. The molecule has 1 aromatic rings. The highest BCUT2D eigenvalue weighted by Gasteiger charge is 2.49. The minimum absolute atomic E-state index is 0.330. The number of rotatable bonds is 6. The molecule has 24 heavy (non-hydrogen) atoms. The summed E-state index contributed by atoms with van der Waals surface area (Å²) in [5, 5.41) is 3.08. The quantitative estimate of drug-likeness (QED) is 0.750. The normalized spacial score (nSPS) is 24.6. The lowest BCUT2D eigenvalue weighted by Gasteiger charge is -2.43. The second-order valence-corrected chi connectivity index (χ2v) is 7.09. The molecule has 0 spiro atoms. The lowest BCUT2D eigenvalue weighted by molar-refractivity contribution is 0.298. The van der Waals surface area contributed by atoms with Crippen molar-refractivity contribution in [3.63, 3.8) is 0 Å². The zero-order valence-corrected chi connectivity index (χ0v) is 14.9. The fourth-order valence-electron chi connectivity index (χ4n) is 4.28. The van der Waals surface area contributed by atoms with Crippen LogP contribution in [0.1, 0.15) is 43.7 Å². The maximum atomic E-state index is 6.64. The second kappa shape index (κ2) is 6.42. The summed E-state index contributed by atoms with van der Waals surface area (Å²) in [7, 11) is 1.70. The molecule has 1 aliphatic heterocycles. The second-order valence-electron chi connectivity index (χ2n) is 7.09. The first-order valence-corrected chi connectivity index (χ1v) is 8.89. The third kappa shape index (κ3) is 2.64. The zero-order valence-electron chi connectivity index (χ0n) is 14.9. The Morgan fingerprint density at radius 1 is 1.33 bits per heavy atom. The van der Waals surface area contributed by atoms with E-state index in [4.69, 9.17) is 16.2 Å². The maximum Gasteiger partial charge on any atom is 0.121 e. The van der Waals surface area contributed by atoms with Crippen LogP contribution in [0, 0.1) is 18.8 Å². The largest absolute Gasteiger partial charge is 0.497 e. The van der Waals surface area contributed by atoms with Crippen LogP contribution in [0.2, 0.25) is 0 Å². The van der Waals surface area contributed by atoms with Crippen molar-refractivity contribution in [1.29, 1.82) is 0 Å². The van der Waals surface area contributed by atoms with Crippen LogP contribution in [0.25, 0.3) is 0 Å². The molecule has 0 amide bonds. The Kier molecular flexibility index (Phi) is 4.48. The van der Waals surface area contributed by atoms with Crippen LogP contribution >= 0.6 is 0 Å². The molecule has 1 aliphatic carbocycles. The minimum atomic E-state index is -0.330. The molecule has 1 fully saturated rings. The maximum absolute atomic E-state index is 6.64. The van der Waals surface area contributed by atoms with Gasteiger partial charge < -0.3 is 21.5 Å². The van der Waals surface area contributed by atoms with Gasteiger partial charge >= 0.3 is 0 Å². The summed E-state index contributed by atoms with van der Waals surface area (Å²) < 4.78 is 5.39. The summed E-state index contributed by atoms with van der Waals surface area (Å²) in [6, 6.07) is 6.28.